The zero-order chi connectivity index (χ0) is 19.5. The van der Waals surface area contributed by atoms with Gasteiger partial charge in [-0.25, -0.2) is 0 Å². The molecule has 1 saturated heterocycles. The predicted octanol–water partition coefficient (Wildman–Crippen LogP) is 2.61. The van der Waals surface area contributed by atoms with Gasteiger partial charge in [0, 0.05) is 49.8 Å². The van der Waals surface area contributed by atoms with Crippen molar-refractivity contribution in [1.82, 2.24) is 9.80 Å². The Hall–Kier alpha value is -2.37. The lowest BCUT2D eigenvalue weighted by Gasteiger charge is -2.35. The van der Waals surface area contributed by atoms with Gasteiger partial charge in [-0.2, -0.15) is 0 Å². The lowest BCUT2D eigenvalue weighted by molar-refractivity contribution is -0.142. The van der Waals surface area contributed by atoms with Crippen LogP contribution in [0.2, 0.25) is 0 Å². The number of amides is 3. The summed E-state index contributed by atoms with van der Waals surface area (Å²) >= 11 is 0. The first-order chi connectivity index (χ1) is 12.1. The quantitative estimate of drug-likeness (QED) is 0.902. The summed E-state index contributed by atoms with van der Waals surface area (Å²) in [6, 6.07) is 6.96. The molecule has 1 heterocycles. The highest BCUT2D eigenvalue weighted by molar-refractivity contribution is 5.97. The van der Waals surface area contributed by atoms with E-state index in [9.17, 15) is 14.4 Å². The van der Waals surface area contributed by atoms with Crippen LogP contribution in [-0.4, -0.2) is 54.7 Å². The van der Waals surface area contributed by atoms with E-state index in [1.807, 2.05) is 25.7 Å². The van der Waals surface area contributed by atoms with Gasteiger partial charge in [0.15, 0.2) is 0 Å². The molecule has 6 nitrogen and oxygen atoms in total. The molecular weight excluding hydrogens is 330 g/mol. The fourth-order valence-corrected chi connectivity index (χ4v) is 3.05. The summed E-state index contributed by atoms with van der Waals surface area (Å²) in [7, 11) is 3.39. The summed E-state index contributed by atoms with van der Waals surface area (Å²) in [6.45, 7) is 6.95. The van der Waals surface area contributed by atoms with Crippen molar-refractivity contribution in [1.29, 1.82) is 0 Å². The van der Waals surface area contributed by atoms with Crippen molar-refractivity contribution in [3.05, 3.63) is 29.8 Å². The Morgan fingerprint density at radius 2 is 1.73 bits per heavy atom. The molecule has 1 fully saturated rings. The second kappa shape index (κ2) is 7.89. The smallest absolute Gasteiger partial charge is 0.253 e. The molecule has 2 rings (SSSR count). The monoisotopic (exact) mass is 359 g/mol. The fraction of sp³-hybridized carbons (Fsp3) is 0.550. The summed E-state index contributed by atoms with van der Waals surface area (Å²) in [5, 5.41) is 2.91. The van der Waals surface area contributed by atoms with E-state index in [0.29, 0.717) is 37.2 Å². The maximum Gasteiger partial charge on any atom is 0.253 e. The standard InChI is InChI=1S/C20H29N3O3/c1-20(2,3)19(26)23-11-9-14(10-12-23)17(24)21-16-8-6-7-15(13-16)18(25)22(4)5/h6-8,13-14H,9-12H2,1-5H3,(H,21,24). The van der Waals surface area contributed by atoms with E-state index in [4.69, 9.17) is 0 Å². The van der Waals surface area contributed by atoms with Crippen molar-refractivity contribution < 1.29 is 14.4 Å². The van der Waals surface area contributed by atoms with Gasteiger partial charge in [-0.05, 0) is 31.0 Å². The first-order valence-corrected chi connectivity index (χ1v) is 9.01. The van der Waals surface area contributed by atoms with E-state index < -0.39 is 5.41 Å². The first kappa shape index (κ1) is 19.9. The van der Waals surface area contributed by atoms with Crippen molar-refractivity contribution in [3.63, 3.8) is 0 Å². The number of hydrogen-bond donors (Lipinski definition) is 1. The zero-order valence-electron chi connectivity index (χ0n) is 16.3. The Morgan fingerprint density at radius 1 is 1.12 bits per heavy atom. The SMILES string of the molecule is CN(C)C(=O)c1cccc(NC(=O)C2CCN(C(=O)C(C)(C)C)CC2)c1. The van der Waals surface area contributed by atoms with Crippen LogP contribution in [0.15, 0.2) is 24.3 Å². The van der Waals surface area contributed by atoms with Crippen LogP contribution in [-0.2, 0) is 9.59 Å². The van der Waals surface area contributed by atoms with Crippen molar-refractivity contribution in [2.75, 3.05) is 32.5 Å². The number of carbonyl (C=O) groups excluding carboxylic acids is 3. The Kier molecular flexibility index (Phi) is 6.05. The molecule has 0 aliphatic carbocycles. The van der Waals surface area contributed by atoms with Crippen LogP contribution >= 0.6 is 0 Å². The van der Waals surface area contributed by atoms with Crippen molar-refractivity contribution >= 4 is 23.4 Å². The molecule has 3 amide bonds. The van der Waals surface area contributed by atoms with Gasteiger partial charge in [-0.3, -0.25) is 14.4 Å². The molecule has 0 radical (unpaired) electrons. The summed E-state index contributed by atoms with van der Waals surface area (Å²) < 4.78 is 0. The number of anilines is 1. The third kappa shape index (κ3) is 4.84. The van der Waals surface area contributed by atoms with E-state index in [1.54, 1.807) is 38.4 Å². The highest BCUT2D eigenvalue weighted by Crippen LogP contribution is 2.24. The second-order valence-electron chi connectivity index (χ2n) is 8.09. The van der Waals surface area contributed by atoms with Crippen LogP contribution in [0, 0.1) is 11.3 Å². The first-order valence-electron chi connectivity index (χ1n) is 9.01. The van der Waals surface area contributed by atoms with Gasteiger partial charge in [-0.1, -0.05) is 26.8 Å². The number of nitrogens with one attached hydrogen (secondary N) is 1. The van der Waals surface area contributed by atoms with Gasteiger partial charge >= 0.3 is 0 Å². The van der Waals surface area contributed by atoms with Crippen molar-refractivity contribution in [2.24, 2.45) is 11.3 Å². The lowest BCUT2D eigenvalue weighted by Crippen LogP contribution is -2.45. The number of nitrogens with zero attached hydrogens (tertiary/aromatic N) is 2. The van der Waals surface area contributed by atoms with Crippen molar-refractivity contribution in [3.8, 4) is 0 Å². The zero-order valence-corrected chi connectivity index (χ0v) is 16.3. The summed E-state index contributed by atoms with van der Waals surface area (Å²) in [5.41, 5.74) is 0.767. The topological polar surface area (TPSA) is 69.7 Å². The minimum atomic E-state index is -0.394. The molecule has 0 spiro atoms. The second-order valence-corrected chi connectivity index (χ2v) is 8.09. The molecule has 6 heteroatoms. The van der Waals surface area contributed by atoms with Crippen LogP contribution in [0.4, 0.5) is 5.69 Å². The molecule has 0 saturated carbocycles. The van der Waals surface area contributed by atoms with Gasteiger partial charge in [0.1, 0.15) is 0 Å². The average molecular weight is 359 g/mol. The molecule has 1 N–H and O–H groups in total. The van der Waals surface area contributed by atoms with E-state index in [-0.39, 0.29) is 23.6 Å². The highest BCUT2D eigenvalue weighted by atomic mass is 16.2. The summed E-state index contributed by atoms with van der Waals surface area (Å²) in [6.07, 6.45) is 1.31. The maximum atomic E-state index is 12.5. The molecule has 1 aromatic rings. The van der Waals surface area contributed by atoms with Crippen molar-refractivity contribution in [2.45, 2.75) is 33.6 Å². The molecule has 0 bridgehead atoms. The van der Waals surface area contributed by atoms with Crippen LogP contribution in [0.25, 0.3) is 0 Å². The normalized spacial score (nSPS) is 15.5. The Morgan fingerprint density at radius 3 is 2.27 bits per heavy atom. The third-order valence-corrected chi connectivity index (χ3v) is 4.58. The van der Waals surface area contributed by atoms with Gasteiger partial charge in [0.2, 0.25) is 11.8 Å². The molecule has 0 atom stereocenters. The number of carbonyl (C=O) groups is 3. The van der Waals surface area contributed by atoms with E-state index in [2.05, 4.69) is 5.32 Å². The maximum absolute atomic E-state index is 12.5. The molecular formula is C20H29N3O3. The number of piperidine rings is 1. The van der Waals surface area contributed by atoms with Gasteiger partial charge in [-0.15, -0.1) is 0 Å². The molecule has 1 aliphatic heterocycles. The molecule has 1 aliphatic rings. The van der Waals surface area contributed by atoms with Crippen LogP contribution in [0.1, 0.15) is 44.0 Å². The van der Waals surface area contributed by atoms with E-state index in [0.717, 1.165) is 0 Å². The highest BCUT2D eigenvalue weighted by Gasteiger charge is 2.32. The largest absolute Gasteiger partial charge is 0.345 e. The van der Waals surface area contributed by atoms with Crippen LogP contribution in [0.3, 0.4) is 0 Å². The Labute approximate surface area is 155 Å². The van der Waals surface area contributed by atoms with Crippen LogP contribution < -0.4 is 5.32 Å². The van der Waals surface area contributed by atoms with Crippen LogP contribution in [0.5, 0.6) is 0 Å². The van der Waals surface area contributed by atoms with Gasteiger partial charge in [0.05, 0.1) is 0 Å². The minimum absolute atomic E-state index is 0.0534. The molecule has 1 aromatic carbocycles. The fourth-order valence-electron chi connectivity index (χ4n) is 3.05. The number of likely N-dealkylation sites (tertiary alicyclic amines) is 1. The number of hydrogen-bond acceptors (Lipinski definition) is 3. The minimum Gasteiger partial charge on any atom is -0.345 e. The van der Waals surface area contributed by atoms with E-state index in [1.165, 1.54) is 4.90 Å². The molecule has 0 unspecified atom stereocenters. The Bertz CT molecular complexity index is 684. The lowest BCUT2D eigenvalue weighted by atomic mass is 9.90. The summed E-state index contributed by atoms with van der Waals surface area (Å²) in [4.78, 5) is 40.3. The third-order valence-electron chi connectivity index (χ3n) is 4.58. The average Bonchev–Trinajstić information content (AvgIpc) is 2.59. The van der Waals surface area contributed by atoms with E-state index >= 15 is 0 Å². The van der Waals surface area contributed by atoms with Gasteiger partial charge < -0.3 is 15.1 Å². The summed E-state index contributed by atoms with van der Waals surface area (Å²) in [5.74, 6) is -0.143. The number of benzene rings is 1. The van der Waals surface area contributed by atoms with Gasteiger partial charge in [0.25, 0.3) is 5.91 Å². The predicted molar refractivity (Wildman–Crippen MR) is 102 cm³/mol. The molecule has 142 valence electrons. The Balaban J connectivity index is 1.95. The molecule has 26 heavy (non-hydrogen) atoms. The molecule has 0 aromatic heterocycles. The number of rotatable bonds is 3.